The van der Waals surface area contributed by atoms with Crippen molar-refractivity contribution in [2.24, 2.45) is 13.0 Å². The minimum Gasteiger partial charge on any atom is -0.342 e. The van der Waals surface area contributed by atoms with E-state index < -0.39 is 21.7 Å². The number of nitrogens with one attached hydrogen (secondary N) is 2. The molecule has 9 heteroatoms. The molecule has 1 aromatic carbocycles. The number of carbonyl (C=O) groups excluding carboxylic acids is 1. The average molecular weight is 426 g/mol. The van der Waals surface area contributed by atoms with Crippen molar-refractivity contribution in [3.63, 3.8) is 0 Å². The molecule has 1 amide bonds. The highest BCUT2D eigenvalue weighted by Crippen LogP contribution is 2.57. The van der Waals surface area contributed by atoms with Crippen molar-refractivity contribution in [3.05, 3.63) is 46.0 Å². The van der Waals surface area contributed by atoms with Crippen LogP contribution in [-0.2, 0) is 17.1 Å². The highest BCUT2D eigenvalue weighted by molar-refractivity contribution is 7.89. The summed E-state index contributed by atoms with van der Waals surface area (Å²) < 4.78 is 43.8. The molecule has 2 N–H and O–H groups in total. The monoisotopic (exact) mass is 425 g/mol. The molecule has 0 spiro atoms. The molecule has 3 saturated carbocycles. The number of amides is 1. The lowest BCUT2D eigenvalue weighted by atomic mass is 9.50. The van der Waals surface area contributed by atoms with Gasteiger partial charge in [0.25, 0.3) is 5.91 Å². The third kappa shape index (κ3) is 2.94. The Morgan fingerprint density at radius 3 is 2.46 bits per heavy atom. The first-order valence-electron chi connectivity index (χ1n) is 8.99. The number of hydrogen-bond donors (Lipinski definition) is 2. The van der Waals surface area contributed by atoms with Crippen LogP contribution in [0.25, 0.3) is 0 Å². The van der Waals surface area contributed by atoms with Crippen LogP contribution in [0.4, 0.5) is 10.1 Å². The van der Waals surface area contributed by atoms with E-state index >= 15 is 0 Å². The van der Waals surface area contributed by atoms with Crippen LogP contribution in [0.1, 0.15) is 41.0 Å². The van der Waals surface area contributed by atoms with E-state index in [9.17, 15) is 17.6 Å². The van der Waals surface area contributed by atoms with Gasteiger partial charge in [0.2, 0.25) is 10.0 Å². The summed E-state index contributed by atoms with van der Waals surface area (Å²) in [6.45, 7) is 3.30. The molecule has 0 aliphatic heterocycles. The summed E-state index contributed by atoms with van der Waals surface area (Å²) in [5, 5.41) is 2.54. The van der Waals surface area contributed by atoms with Crippen LogP contribution in [0.15, 0.2) is 23.1 Å². The number of nitrogens with zero attached hydrogens (tertiary/aromatic N) is 1. The van der Waals surface area contributed by atoms with E-state index in [0.29, 0.717) is 22.9 Å². The molecule has 2 aromatic rings. The zero-order valence-electron chi connectivity index (χ0n) is 15.8. The van der Waals surface area contributed by atoms with Gasteiger partial charge in [-0.1, -0.05) is 11.6 Å². The molecule has 3 fully saturated rings. The largest absolute Gasteiger partial charge is 0.342 e. The van der Waals surface area contributed by atoms with Gasteiger partial charge >= 0.3 is 0 Å². The Balaban J connectivity index is 1.65. The summed E-state index contributed by atoms with van der Waals surface area (Å²) in [4.78, 5) is 13.0. The summed E-state index contributed by atoms with van der Waals surface area (Å²) in [7, 11) is -2.10. The first-order chi connectivity index (χ1) is 13.0. The van der Waals surface area contributed by atoms with Gasteiger partial charge in [-0.15, -0.1) is 0 Å². The van der Waals surface area contributed by atoms with Crippen molar-refractivity contribution < 1.29 is 17.6 Å². The second-order valence-corrected chi connectivity index (χ2v) is 9.92. The second kappa shape index (κ2) is 6.30. The van der Waals surface area contributed by atoms with Gasteiger partial charge in [0, 0.05) is 29.5 Å². The third-order valence-corrected chi connectivity index (χ3v) is 8.04. The predicted octanol–water partition coefficient (Wildman–Crippen LogP) is 3.52. The first kappa shape index (κ1) is 19.4. The topological polar surface area (TPSA) is 80.2 Å². The SMILES string of the molecule is Cc1c(S(=O)(=O)NC23CC(C2)C3)c(C)n(C)c1C(=O)Nc1ccc(F)c(Cl)c1. The number of benzene rings is 1. The fraction of sp³-hybridized carbons (Fsp3) is 0.421. The number of rotatable bonds is 5. The summed E-state index contributed by atoms with van der Waals surface area (Å²) in [6, 6.07) is 3.86. The van der Waals surface area contributed by atoms with Crippen molar-refractivity contribution in [1.82, 2.24) is 9.29 Å². The molecule has 150 valence electrons. The lowest BCUT2D eigenvalue weighted by Crippen LogP contribution is -2.68. The van der Waals surface area contributed by atoms with Gasteiger partial charge < -0.3 is 9.88 Å². The van der Waals surface area contributed by atoms with Crippen LogP contribution < -0.4 is 10.0 Å². The number of aromatic nitrogens is 1. The number of hydrogen-bond acceptors (Lipinski definition) is 3. The summed E-state index contributed by atoms with van der Waals surface area (Å²) >= 11 is 5.76. The van der Waals surface area contributed by atoms with Crippen molar-refractivity contribution in [1.29, 1.82) is 0 Å². The zero-order chi connectivity index (χ0) is 20.4. The lowest BCUT2D eigenvalue weighted by molar-refractivity contribution is -0.0317. The van der Waals surface area contributed by atoms with Crippen LogP contribution in [0.2, 0.25) is 5.02 Å². The molecule has 28 heavy (non-hydrogen) atoms. The van der Waals surface area contributed by atoms with Crippen LogP contribution in [0.5, 0.6) is 0 Å². The van der Waals surface area contributed by atoms with Crippen LogP contribution in [0, 0.1) is 25.6 Å². The minimum atomic E-state index is -3.74. The molecule has 3 aliphatic carbocycles. The number of anilines is 1. The molecular weight excluding hydrogens is 405 g/mol. The molecule has 0 saturated heterocycles. The molecule has 6 nitrogen and oxygen atoms in total. The predicted molar refractivity (Wildman–Crippen MR) is 105 cm³/mol. The standard InChI is InChI=1S/C19H21ClFN3O3S/c1-10-16(18(25)22-13-4-5-15(21)14(20)6-13)24(3)11(2)17(10)28(26,27)23-19-7-12(8-19)9-19/h4-6,12,23H,7-9H2,1-3H3,(H,22,25). The van der Waals surface area contributed by atoms with Crippen molar-refractivity contribution >= 4 is 33.2 Å². The normalized spacial score (nSPS) is 23.1. The Kier molecular flexibility index (Phi) is 4.37. The van der Waals surface area contributed by atoms with Gasteiger partial charge in [-0.3, -0.25) is 4.79 Å². The van der Waals surface area contributed by atoms with Gasteiger partial charge in [-0.25, -0.2) is 17.5 Å². The summed E-state index contributed by atoms with van der Waals surface area (Å²) in [5.41, 5.74) is 1.12. The maximum atomic E-state index is 13.3. The van der Waals surface area contributed by atoms with Crippen molar-refractivity contribution in [2.75, 3.05) is 5.32 Å². The van der Waals surface area contributed by atoms with Crippen LogP contribution >= 0.6 is 11.6 Å². The molecule has 3 aliphatic rings. The molecule has 0 unspecified atom stereocenters. The zero-order valence-corrected chi connectivity index (χ0v) is 17.3. The van der Waals surface area contributed by atoms with E-state index in [-0.39, 0.29) is 21.2 Å². The Morgan fingerprint density at radius 2 is 1.93 bits per heavy atom. The number of sulfonamides is 1. The van der Waals surface area contributed by atoms with E-state index in [2.05, 4.69) is 10.0 Å². The molecule has 1 heterocycles. The van der Waals surface area contributed by atoms with E-state index in [4.69, 9.17) is 11.6 Å². The van der Waals surface area contributed by atoms with E-state index in [1.54, 1.807) is 25.5 Å². The molecule has 5 rings (SSSR count). The highest BCUT2D eigenvalue weighted by Gasteiger charge is 2.58. The molecule has 2 bridgehead atoms. The quantitative estimate of drug-likeness (QED) is 0.769. The molecule has 0 radical (unpaired) electrons. The lowest BCUT2D eigenvalue weighted by Gasteiger charge is -2.61. The second-order valence-electron chi connectivity index (χ2n) is 7.89. The first-order valence-corrected chi connectivity index (χ1v) is 10.9. The third-order valence-electron chi connectivity index (χ3n) is 5.91. The number of carbonyl (C=O) groups is 1. The highest BCUT2D eigenvalue weighted by atomic mass is 35.5. The average Bonchev–Trinajstić information content (AvgIpc) is 2.76. The maximum absolute atomic E-state index is 13.3. The minimum absolute atomic E-state index is 0.108. The van der Waals surface area contributed by atoms with Crippen LogP contribution in [-0.4, -0.2) is 24.4 Å². The fourth-order valence-corrected chi connectivity index (χ4v) is 6.50. The van der Waals surface area contributed by atoms with Crippen molar-refractivity contribution in [3.8, 4) is 0 Å². The van der Waals surface area contributed by atoms with E-state index in [1.165, 1.54) is 12.1 Å². The van der Waals surface area contributed by atoms with E-state index in [1.807, 2.05) is 0 Å². The van der Waals surface area contributed by atoms with Gasteiger partial charge in [0.1, 0.15) is 16.4 Å². The number of halogens is 2. The molecule has 0 atom stereocenters. The van der Waals surface area contributed by atoms with Gasteiger partial charge in [0.15, 0.2) is 0 Å². The Bertz CT molecular complexity index is 1090. The van der Waals surface area contributed by atoms with E-state index in [0.717, 1.165) is 25.3 Å². The fourth-order valence-electron chi connectivity index (χ4n) is 4.37. The van der Waals surface area contributed by atoms with Crippen molar-refractivity contribution in [2.45, 2.75) is 43.5 Å². The van der Waals surface area contributed by atoms with Gasteiger partial charge in [-0.2, -0.15) is 0 Å². The van der Waals surface area contributed by atoms with Gasteiger partial charge in [0.05, 0.1) is 5.02 Å². The molecule has 1 aromatic heterocycles. The Morgan fingerprint density at radius 1 is 1.29 bits per heavy atom. The van der Waals surface area contributed by atoms with Gasteiger partial charge in [-0.05, 0) is 57.2 Å². The smallest absolute Gasteiger partial charge is 0.272 e. The van der Waals surface area contributed by atoms with Crippen LogP contribution in [0.3, 0.4) is 0 Å². The summed E-state index contributed by atoms with van der Waals surface area (Å²) in [6.07, 6.45) is 2.65. The summed E-state index contributed by atoms with van der Waals surface area (Å²) in [5.74, 6) is -0.430. The maximum Gasteiger partial charge on any atom is 0.272 e. The Labute approximate surface area is 168 Å². The Hall–Kier alpha value is -1.90. The molecular formula is C19H21ClFN3O3S.